The van der Waals surface area contributed by atoms with E-state index >= 15 is 0 Å². The Morgan fingerprint density at radius 3 is 0.755 bits per heavy atom. The zero-order valence-corrected chi connectivity index (χ0v) is 42.7. The minimum Gasteiger partial charge on any atom is -0.258 e. The second kappa shape index (κ2) is 18.8. The molecule has 2 aromatic rings. The monoisotopic (exact) mass is 792 g/mol. The topological polar surface area (TPSA) is 0 Å². The average Bonchev–Trinajstić information content (AvgIpc) is 3.57. The summed E-state index contributed by atoms with van der Waals surface area (Å²) in [6, 6.07) is 19.7. The maximum Gasteiger partial charge on any atom is 4.00 e. The smallest absolute Gasteiger partial charge is 0.258 e. The van der Waals surface area contributed by atoms with Crippen LogP contribution < -0.4 is 0 Å². The molecule has 0 spiro atoms. The third kappa shape index (κ3) is 17.0. The van der Waals surface area contributed by atoms with Crippen molar-refractivity contribution < 1.29 is 21.7 Å². The molecule has 0 heterocycles. The van der Waals surface area contributed by atoms with Gasteiger partial charge in [0, 0.05) is 16.1 Å². The van der Waals surface area contributed by atoms with Crippen LogP contribution in [-0.4, -0.2) is 48.4 Å². The zero-order valence-electron chi connectivity index (χ0n) is 35.1. The number of benzene rings is 2. The molecule has 0 atom stereocenters. The minimum absolute atomic E-state index is 0. The van der Waals surface area contributed by atoms with Gasteiger partial charge in [-0.25, -0.2) is 20.8 Å². The van der Waals surface area contributed by atoms with E-state index in [-0.39, 0.29) is 21.7 Å². The van der Waals surface area contributed by atoms with E-state index in [4.69, 9.17) is 0 Å². The van der Waals surface area contributed by atoms with Gasteiger partial charge in [0.25, 0.3) is 0 Å². The van der Waals surface area contributed by atoms with E-state index in [1.807, 2.05) is 71.1 Å². The normalized spacial score (nSPS) is 15.5. The second-order valence-electron chi connectivity index (χ2n) is 19.7. The molecule has 2 aliphatic rings. The van der Waals surface area contributed by atoms with E-state index in [0.29, 0.717) is 0 Å². The molecule has 0 aromatic heterocycles. The van der Waals surface area contributed by atoms with Crippen molar-refractivity contribution in [1.82, 2.24) is 0 Å². The van der Waals surface area contributed by atoms with Gasteiger partial charge < -0.3 is 0 Å². The Labute approximate surface area is 327 Å². The van der Waals surface area contributed by atoms with Crippen LogP contribution in [0.25, 0.3) is 0 Å². The fraction of sp³-hybridized carbons (Fsp3) is 0.476. The Morgan fingerprint density at radius 1 is 0.388 bits per heavy atom. The van der Waals surface area contributed by atoms with Gasteiger partial charge in [0.15, 0.2) is 0 Å². The summed E-state index contributed by atoms with van der Waals surface area (Å²) in [5.74, 6) is 0. The maximum absolute atomic E-state index is 3.88. The SMILES string of the molecule is C[Si](C)(C)C1=[C-]C([Si](C)(C)C)=C([Si](C)(C)C)C1.C[Si](C)(C)C1=[C-]C([Si](C)(C)C)=C([Si](C)(C)C)C1.[CH2-]c1ccccc1.[CH2-]c1ccccc1.[Ti+4]. The molecule has 0 saturated heterocycles. The molecule has 2 aliphatic carbocycles. The summed E-state index contributed by atoms with van der Waals surface area (Å²) in [5.41, 5.74) is 2.14. The maximum atomic E-state index is 3.88. The summed E-state index contributed by atoms with van der Waals surface area (Å²) in [7, 11) is -7.07. The summed E-state index contributed by atoms with van der Waals surface area (Å²) < 4.78 is 0. The van der Waals surface area contributed by atoms with Crippen LogP contribution in [0.1, 0.15) is 24.0 Å². The van der Waals surface area contributed by atoms with Crippen LogP contribution in [0.15, 0.2) is 91.8 Å². The molecule has 268 valence electrons. The summed E-state index contributed by atoms with van der Waals surface area (Å²) in [6.07, 6.45) is 10.3. The first-order chi connectivity index (χ1) is 21.5. The van der Waals surface area contributed by atoms with Crippen LogP contribution in [0.2, 0.25) is 118 Å². The average molecular weight is 793 g/mol. The van der Waals surface area contributed by atoms with Crippen LogP contribution in [0.5, 0.6) is 0 Å². The third-order valence-corrected chi connectivity index (χ3v) is 21.7. The number of rotatable bonds is 6. The molecule has 0 fully saturated rings. The van der Waals surface area contributed by atoms with Crippen molar-refractivity contribution in [2.24, 2.45) is 0 Å². The van der Waals surface area contributed by atoms with E-state index in [9.17, 15) is 0 Å². The molecular formula is C42H72Si6Ti. The molecule has 0 bridgehead atoms. The van der Waals surface area contributed by atoms with Gasteiger partial charge >= 0.3 is 21.7 Å². The molecule has 0 aliphatic heterocycles. The van der Waals surface area contributed by atoms with Crippen molar-refractivity contribution in [3.05, 3.63) is 129 Å². The fourth-order valence-corrected chi connectivity index (χ4v) is 19.1. The standard InChI is InChI=1S/2C14H29Si3.2C7H7.Ti/c2*1-15(2,3)12-10-13(16(4,5)6)14(11-12)17(7,8)9;2*1-7-5-3-2-4-6-7;/h2*10H2,1-9H3;2*2-6H,1H2;/q4*-1;+4. The molecule has 0 nitrogen and oxygen atoms in total. The largest absolute Gasteiger partial charge is 4.00 e. The molecular weight excluding hydrogens is 721 g/mol. The minimum atomic E-state index is -1.21. The number of allylic oxidation sites excluding steroid dienone is 8. The number of hydrogen-bond donors (Lipinski definition) is 0. The Kier molecular flexibility index (Phi) is 18.4. The quantitative estimate of drug-likeness (QED) is 0.202. The zero-order chi connectivity index (χ0) is 37.5. The number of hydrogen-bond acceptors (Lipinski definition) is 0. The van der Waals surface area contributed by atoms with Crippen molar-refractivity contribution in [3.63, 3.8) is 0 Å². The van der Waals surface area contributed by atoms with Gasteiger partial charge in [-0.15, -0.1) is 24.3 Å². The summed E-state index contributed by atoms with van der Waals surface area (Å²) in [4.78, 5) is 0. The van der Waals surface area contributed by atoms with E-state index in [2.05, 4.69) is 144 Å². The Bertz CT molecular complexity index is 1330. The van der Waals surface area contributed by atoms with Gasteiger partial charge in [0.1, 0.15) is 0 Å². The Morgan fingerprint density at radius 2 is 0.633 bits per heavy atom. The summed E-state index contributed by atoms with van der Waals surface area (Å²) in [6.45, 7) is 52.0. The van der Waals surface area contributed by atoms with Gasteiger partial charge in [0.2, 0.25) is 0 Å². The first-order valence-electron chi connectivity index (χ1n) is 17.9. The molecule has 0 radical (unpaired) electrons. The van der Waals surface area contributed by atoms with Crippen molar-refractivity contribution in [2.75, 3.05) is 0 Å². The van der Waals surface area contributed by atoms with Crippen LogP contribution in [0.4, 0.5) is 0 Å². The van der Waals surface area contributed by atoms with Crippen LogP contribution in [0.3, 0.4) is 0 Å². The van der Waals surface area contributed by atoms with Crippen molar-refractivity contribution >= 4 is 48.4 Å². The predicted molar refractivity (Wildman–Crippen MR) is 239 cm³/mol. The molecule has 49 heavy (non-hydrogen) atoms. The molecule has 7 heteroatoms. The summed E-state index contributed by atoms with van der Waals surface area (Å²) >= 11 is 0. The van der Waals surface area contributed by atoms with Gasteiger partial charge in [-0.2, -0.15) is 59.6 Å². The van der Waals surface area contributed by atoms with Gasteiger partial charge in [-0.1, -0.05) is 143 Å². The van der Waals surface area contributed by atoms with Crippen LogP contribution in [-0.2, 0) is 21.7 Å². The summed E-state index contributed by atoms with van der Waals surface area (Å²) in [5, 5.41) is 10.3. The first kappa shape index (κ1) is 48.2. The Balaban J connectivity index is 0.000000670. The van der Waals surface area contributed by atoms with Crippen LogP contribution in [0, 0.1) is 26.0 Å². The fourth-order valence-electron chi connectivity index (χ4n) is 5.49. The van der Waals surface area contributed by atoms with Gasteiger partial charge in [-0.3, -0.25) is 12.2 Å². The molecule has 0 amide bonds. The molecule has 0 N–H and O–H groups in total. The van der Waals surface area contributed by atoms with E-state index in [1.54, 1.807) is 20.8 Å². The van der Waals surface area contributed by atoms with Crippen molar-refractivity contribution in [2.45, 2.75) is 131 Å². The van der Waals surface area contributed by atoms with Crippen molar-refractivity contribution in [1.29, 1.82) is 0 Å². The van der Waals surface area contributed by atoms with E-state index in [0.717, 1.165) is 11.1 Å². The molecule has 0 saturated carbocycles. The van der Waals surface area contributed by atoms with Crippen molar-refractivity contribution in [3.8, 4) is 0 Å². The second-order valence-corrected chi connectivity index (χ2v) is 50.2. The van der Waals surface area contributed by atoms with E-state index in [1.165, 1.54) is 12.8 Å². The van der Waals surface area contributed by atoms with Gasteiger partial charge in [0.05, 0.1) is 16.1 Å². The van der Waals surface area contributed by atoms with Crippen LogP contribution >= 0.6 is 0 Å². The molecule has 4 rings (SSSR count). The first-order valence-corrected chi connectivity index (χ1v) is 38.9. The molecule has 2 aromatic carbocycles. The predicted octanol–water partition coefficient (Wildman–Crippen LogP) is 13.8. The molecule has 0 unspecified atom stereocenters. The van der Waals surface area contributed by atoms with E-state index < -0.39 is 48.4 Å². The van der Waals surface area contributed by atoms with Gasteiger partial charge in [-0.05, 0) is 16.1 Å². The Hall–Kier alpha value is -0.844. The third-order valence-electron chi connectivity index (χ3n) is 8.67.